The normalized spacial score (nSPS) is 15.4. The van der Waals surface area contributed by atoms with E-state index >= 15 is 0 Å². The fourth-order valence-electron chi connectivity index (χ4n) is 5.56. The number of anilines is 1. The Hall–Kier alpha value is -2.80. The van der Waals surface area contributed by atoms with E-state index in [9.17, 15) is 0 Å². The van der Waals surface area contributed by atoms with E-state index in [1.807, 2.05) is 0 Å². The summed E-state index contributed by atoms with van der Waals surface area (Å²) in [5.74, 6) is 0. The molecule has 1 heteroatoms. The number of rotatable bonds is 4. The summed E-state index contributed by atoms with van der Waals surface area (Å²) in [6, 6.07) is 20.6. The molecule has 3 aromatic carbocycles. The standard InChI is InChI=1S/C30H33N/c1-3-27-28-15-10-18-31(21-23-11-6-4-7-12-23)29(28)19-22(2)30(27)26-17-16-24-13-8-5-9-14-25(24)20-26/h4,6-8,11-13,16-17,19-20H,3,5,9-10,14-15,18,21H2,1-2H3. The molecule has 0 bridgehead atoms. The Balaban J connectivity index is 1.58. The fourth-order valence-corrected chi connectivity index (χ4v) is 5.56. The molecule has 3 aromatic rings. The van der Waals surface area contributed by atoms with Crippen LogP contribution in [-0.2, 0) is 25.8 Å². The molecule has 0 radical (unpaired) electrons. The molecule has 0 saturated carbocycles. The molecule has 31 heavy (non-hydrogen) atoms. The lowest BCUT2D eigenvalue weighted by atomic mass is 9.84. The number of benzene rings is 3. The summed E-state index contributed by atoms with van der Waals surface area (Å²) < 4.78 is 0. The summed E-state index contributed by atoms with van der Waals surface area (Å²) in [5.41, 5.74) is 13.2. The third-order valence-electron chi connectivity index (χ3n) is 7.03. The number of nitrogens with zero attached hydrogens (tertiary/aromatic N) is 1. The van der Waals surface area contributed by atoms with E-state index in [0.29, 0.717) is 0 Å². The molecule has 158 valence electrons. The van der Waals surface area contributed by atoms with Crippen molar-refractivity contribution in [3.8, 4) is 11.1 Å². The first-order valence-electron chi connectivity index (χ1n) is 12.0. The molecule has 1 heterocycles. The van der Waals surface area contributed by atoms with Crippen LogP contribution in [0.15, 0.2) is 60.7 Å². The quantitative estimate of drug-likeness (QED) is 0.432. The molecule has 2 aliphatic rings. The van der Waals surface area contributed by atoms with Gasteiger partial charge < -0.3 is 4.90 Å². The molecule has 0 unspecified atom stereocenters. The minimum Gasteiger partial charge on any atom is -0.367 e. The van der Waals surface area contributed by atoms with Crippen LogP contribution in [0.5, 0.6) is 0 Å². The first kappa shape index (κ1) is 20.1. The van der Waals surface area contributed by atoms with E-state index in [1.54, 1.807) is 11.1 Å². The van der Waals surface area contributed by atoms with Crippen LogP contribution in [0.25, 0.3) is 17.2 Å². The fraction of sp³-hybridized carbons (Fsp3) is 0.333. The van der Waals surface area contributed by atoms with Gasteiger partial charge in [0.1, 0.15) is 0 Å². The van der Waals surface area contributed by atoms with Gasteiger partial charge in [-0.15, -0.1) is 0 Å². The van der Waals surface area contributed by atoms with E-state index in [4.69, 9.17) is 0 Å². The summed E-state index contributed by atoms with van der Waals surface area (Å²) in [6.45, 7) is 6.80. The lowest BCUT2D eigenvalue weighted by Crippen LogP contribution is -2.29. The SMILES string of the molecule is CCc1c2c(cc(C)c1-c1ccc3c(c1)CCCC=C3)N(Cc1ccccc1)CCC2. The lowest BCUT2D eigenvalue weighted by molar-refractivity contribution is 0.686. The predicted octanol–water partition coefficient (Wildman–Crippen LogP) is 7.53. The largest absolute Gasteiger partial charge is 0.367 e. The van der Waals surface area contributed by atoms with E-state index in [2.05, 4.69) is 85.5 Å². The zero-order valence-corrected chi connectivity index (χ0v) is 19.0. The third-order valence-corrected chi connectivity index (χ3v) is 7.03. The maximum atomic E-state index is 2.60. The van der Waals surface area contributed by atoms with Gasteiger partial charge in [0.15, 0.2) is 0 Å². The highest BCUT2D eigenvalue weighted by molar-refractivity contribution is 5.79. The molecule has 0 fully saturated rings. The molecule has 0 spiro atoms. The Bertz CT molecular complexity index is 1110. The molecule has 1 aliphatic carbocycles. The van der Waals surface area contributed by atoms with Gasteiger partial charge in [0.05, 0.1) is 0 Å². The first-order valence-corrected chi connectivity index (χ1v) is 12.0. The second kappa shape index (κ2) is 8.75. The molecule has 0 saturated heterocycles. The average molecular weight is 408 g/mol. The van der Waals surface area contributed by atoms with Gasteiger partial charge in [-0.05, 0) is 96.0 Å². The van der Waals surface area contributed by atoms with Gasteiger partial charge in [-0.3, -0.25) is 0 Å². The molecular weight excluding hydrogens is 374 g/mol. The van der Waals surface area contributed by atoms with Crippen LogP contribution < -0.4 is 4.90 Å². The molecule has 0 N–H and O–H groups in total. The van der Waals surface area contributed by atoms with Crippen molar-refractivity contribution >= 4 is 11.8 Å². The molecule has 1 aliphatic heterocycles. The molecule has 1 nitrogen and oxygen atoms in total. The van der Waals surface area contributed by atoms with Crippen molar-refractivity contribution in [1.82, 2.24) is 0 Å². The smallest absolute Gasteiger partial charge is 0.0429 e. The number of fused-ring (bicyclic) bond motifs is 2. The van der Waals surface area contributed by atoms with Gasteiger partial charge in [0.2, 0.25) is 0 Å². The van der Waals surface area contributed by atoms with Gasteiger partial charge >= 0.3 is 0 Å². The van der Waals surface area contributed by atoms with Gasteiger partial charge in [-0.25, -0.2) is 0 Å². The molecule has 5 rings (SSSR count). The van der Waals surface area contributed by atoms with Crippen molar-refractivity contribution in [3.63, 3.8) is 0 Å². The number of hydrogen-bond acceptors (Lipinski definition) is 1. The summed E-state index contributed by atoms with van der Waals surface area (Å²) in [7, 11) is 0. The Morgan fingerprint density at radius 3 is 2.65 bits per heavy atom. The van der Waals surface area contributed by atoms with Crippen LogP contribution in [0.3, 0.4) is 0 Å². The van der Waals surface area contributed by atoms with Crippen molar-refractivity contribution in [2.24, 2.45) is 0 Å². The van der Waals surface area contributed by atoms with Crippen molar-refractivity contribution < 1.29 is 0 Å². The van der Waals surface area contributed by atoms with Crippen LogP contribution in [-0.4, -0.2) is 6.54 Å². The summed E-state index contributed by atoms with van der Waals surface area (Å²) in [6.07, 6.45) is 11.8. The van der Waals surface area contributed by atoms with Crippen LogP contribution in [0.1, 0.15) is 59.6 Å². The molecule has 0 amide bonds. The van der Waals surface area contributed by atoms with Crippen molar-refractivity contribution in [2.45, 2.75) is 58.9 Å². The van der Waals surface area contributed by atoms with Gasteiger partial charge in [-0.2, -0.15) is 0 Å². The maximum Gasteiger partial charge on any atom is 0.0429 e. The zero-order chi connectivity index (χ0) is 21.2. The highest BCUT2D eigenvalue weighted by atomic mass is 15.1. The predicted molar refractivity (Wildman–Crippen MR) is 134 cm³/mol. The molecule has 0 atom stereocenters. The van der Waals surface area contributed by atoms with Crippen LogP contribution >= 0.6 is 0 Å². The minimum atomic E-state index is 1.00. The molecular formula is C30H33N. The van der Waals surface area contributed by atoms with Crippen molar-refractivity contribution in [2.75, 3.05) is 11.4 Å². The maximum absolute atomic E-state index is 2.60. The van der Waals surface area contributed by atoms with Crippen LogP contribution in [0.2, 0.25) is 0 Å². The first-order chi connectivity index (χ1) is 15.2. The zero-order valence-electron chi connectivity index (χ0n) is 19.0. The van der Waals surface area contributed by atoms with Gasteiger partial charge in [-0.1, -0.05) is 67.6 Å². The third kappa shape index (κ3) is 3.94. The number of hydrogen-bond donors (Lipinski definition) is 0. The van der Waals surface area contributed by atoms with E-state index < -0.39 is 0 Å². The summed E-state index contributed by atoms with van der Waals surface area (Å²) in [4.78, 5) is 2.60. The highest BCUT2D eigenvalue weighted by Crippen LogP contribution is 2.40. The number of aryl methyl sites for hydroxylation is 2. The summed E-state index contributed by atoms with van der Waals surface area (Å²) >= 11 is 0. The topological polar surface area (TPSA) is 3.24 Å². The van der Waals surface area contributed by atoms with Crippen LogP contribution in [0.4, 0.5) is 5.69 Å². The Morgan fingerprint density at radius 2 is 1.81 bits per heavy atom. The van der Waals surface area contributed by atoms with E-state index in [-0.39, 0.29) is 0 Å². The average Bonchev–Trinajstić information content (AvgIpc) is 3.04. The van der Waals surface area contributed by atoms with Crippen molar-refractivity contribution in [3.05, 3.63) is 94.1 Å². The second-order valence-electron chi connectivity index (χ2n) is 9.12. The Labute approximate surface area is 187 Å². The monoisotopic (exact) mass is 407 g/mol. The molecule has 0 aromatic heterocycles. The lowest BCUT2D eigenvalue weighted by Gasteiger charge is -2.34. The second-order valence-corrected chi connectivity index (χ2v) is 9.12. The van der Waals surface area contributed by atoms with Gasteiger partial charge in [0, 0.05) is 18.8 Å². The van der Waals surface area contributed by atoms with Crippen molar-refractivity contribution in [1.29, 1.82) is 0 Å². The van der Waals surface area contributed by atoms with E-state index in [0.717, 1.165) is 19.5 Å². The van der Waals surface area contributed by atoms with E-state index in [1.165, 1.54) is 71.2 Å². The van der Waals surface area contributed by atoms with Gasteiger partial charge in [0.25, 0.3) is 0 Å². The summed E-state index contributed by atoms with van der Waals surface area (Å²) in [5, 5.41) is 0. The minimum absolute atomic E-state index is 1.00. The highest BCUT2D eigenvalue weighted by Gasteiger charge is 2.23. The Morgan fingerprint density at radius 1 is 0.935 bits per heavy atom. The number of allylic oxidation sites excluding steroid dienone is 1. The Kier molecular flexibility index (Phi) is 5.68. The van der Waals surface area contributed by atoms with Crippen LogP contribution in [0, 0.1) is 6.92 Å².